The Morgan fingerprint density at radius 3 is 2.78 bits per heavy atom. The van der Waals surface area contributed by atoms with Crippen LogP contribution in [-0.2, 0) is 21.4 Å². The molecular formula is C28H31N3O5. The third-order valence-corrected chi connectivity index (χ3v) is 7.30. The Morgan fingerprint density at radius 1 is 1.25 bits per heavy atom. The van der Waals surface area contributed by atoms with Crippen molar-refractivity contribution in [2.75, 3.05) is 11.9 Å². The number of rotatable bonds is 9. The molecule has 0 bridgehead atoms. The normalized spacial score (nSPS) is 20.4. The van der Waals surface area contributed by atoms with E-state index < -0.39 is 5.97 Å². The van der Waals surface area contributed by atoms with Gasteiger partial charge in [0.15, 0.2) is 0 Å². The zero-order valence-corrected chi connectivity index (χ0v) is 20.6. The van der Waals surface area contributed by atoms with Crippen LogP contribution in [-0.4, -0.2) is 35.5 Å². The number of nitrogens with zero attached hydrogens (tertiary/aromatic N) is 1. The maximum absolute atomic E-state index is 13.4. The number of nitrogens with one attached hydrogen (secondary N) is 2. The molecule has 1 saturated carbocycles. The van der Waals surface area contributed by atoms with Crippen LogP contribution in [0.25, 0.3) is 0 Å². The van der Waals surface area contributed by atoms with Gasteiger partial charge in [-0.05, 0) is 74.9 Å². The summed E-state index contributed by atoms with van der Waals surface area (Å²) in [6, 6.07) is 12.7. The summed E-state index contributed by atoms with van der Waals surface area (Å²) in [6.45, 7) is 4.47. The first-order valence-corrected chi connectivity index (χ1v) is 12.4. The number of carbonyl (C=O) groups excluding carboxylic acids is 2. The quantitative estimate of drug-likeness (QED) is 0.485. The van der Waals surface area contributed by atoms with Gasteiger partial charge in [0.2, 0.25) is 5.91 Å². The molecule has 1 aliphatic heterocycles. The second-order valence-electron chi connectivity index (χ2n) is 9.73. The first-order valence-electron chi connectivity index (χ1n) is 12.4. The molecule has 1 spiro atoms. The number of aliphatic carboxylic acids is 1. The predicted octanol–water partition coefficient (Wildman–Crippen LogP) is 4.17. The summed E-state index contributed by atoms with van der Waals surface area (Å²) in [7, 11) is 0. The minimum absolute atomic E-state index is 0.0306. The molecule has 36 heavy (non-hydrogen) atoms. The summed E-state index contributed by atoms with van der Waals surface area (Å²) in [6.07, 6.45) is 3.11. The Kier molecular flexibility index (Phi) is 7.30. The van der Waals surface area contributed by atoms with E-state index >= 15 is 0 Å². The fraction of sp³-hybridized carbons (Fsp3) is 0.429. The largest absolute Gasteiger partial charge is 0.493 e. The smallest absolute Gasteiger partial charge is 0.303 e. The van der Waals surface area contributed by atoms with Gasteiger partial charge < -0.3 is 20.5 Å². The van der Waals surface area contributed by atoms with Gasteiger partial charge in [-0.15, -0.1) is 0 Å². The van der Waals surface area contributed by atoms with Crippen molar-refractivity contribution in [1.29, 1.82) is 5.26 Å². The molecule has 8 heteroatoms. The lowest BCUT2D eigenvalue weighted by Gasteiger charge is -2.27. The number of carboxylic acids is 1. The molecule has 1 heterocycles. The Hall–Kier alpha value is -3.86. The van der Waals surface area contributed by atoms with E-state index in [0.29, 0.717) is 54.9 Å². The average Bonchev–Trinajstić information content (AvgIpc) is 3.59. The molecule has 3 N–H and O–H groups in total. The number of amides is 2. The van der Waals surface area contributed by atoms with Crippen LogP contribution in [0.3, 0.4) is 0 Å². The first kappa shape index (κ1) is 25.2. The number of nitriles is 1. The topological polar surface area (TPSA) is 129 Å². The van der Waals surface area contributed by atoms with E-state index in [9.17, 15) is 19.6 Å². The van der Waals surface area contributed by atoms with Crippen molar-refractivity contribution in [2.24, 2.45) is 5.92 Å². The number of benzene rings is 2. The van der Waals surface area contributed by atoms with E-state index in [-0.39, 0.29) is 35.6 Å². The lowest BCUT2D eigenvalue weighted by molar-refractivity contribution is -0.137. The van der Waals surface area contributed by atoms with Gasteiger partial charge in [0.25, 0.3) is 5.91 Å². The number of aryl methyl sites for hydroxylation is 1. The van der Waals surface area contributed by atoms with Crippen molar-refractivity contribution in [3.8, 4) is 11.8 Å². The second-order valence-corrected chi connectivity index (χ2v) is 9.73. The summed E-state index contributed by atoms with van der Waals surface area (Å²) < 4.78 is 5.85. The van der Waals surface area contributed by atoms with Crippen molar-refractivity contribution in [3.05, 3.63) is 58.7 Å². The van der Waals surface area contributed by atoms with Gasteiger partial charge in [0.05, 0.1) is 18.2 Å². The fourth-order valence-electron chi connectivity index (χ4n) is 4.93. The maximum atomic E-state index is 13.4. The van der Waals surface area contributed by atoms with Crippen LogP contribution in [0.5, 0.6) is 5.75 Å². The van der Waals surface area contributed by atoms with Crippen LogP contribution in [0, 0.1) is 17.2 Å². The van der Waals surface area contributed by atoms with Crippen molar-refractivity contribution in [1.82, 2.24) is 5.32 Å². The number of ether oxygens (including phenoxy) is 1. The van der Waals surface area contributed by atoms with Gasteiger partial charge in [-0.2, -0.15) is 5.26 Å². The van der Waals surface area contributed by atoms with Gasteiger partial charge >= 0.3 is 5.97 Å². The van der Waals surface area contributed by atoms with Crippen molar-refractivity contribution in [2.45, 2.75) is 63.8 Å². The van der Waals surface area contributed by atoms with E-state index in [1.807, 2.05) is 26.0 Å². The highest BCUT2D eigenvalue weighted by atomic mass is 16.5. The Labute approximate surface area is 210 Å². The van der Waals surface area contributed by atoms with Gasteiger partial charge in [0.1, 0.15) is 5.75 Å². The minimum Gasteiger partial charge on any atom is -0.493 e. The highest BCUT2D eigenvalue weighted by Crippen LogP contribution is 2.61. The van der Waals surface area contributed by atoms with Crippen LogP contribution in [0.4, 0.5) is 5.69 Å². The molecule has 2 aromatic carbocycles. The summed E-state index contributed by atoms with van der Waals surface area (Å²) in [4.78, 5) is 37.0. The standard InChI is InChI=1S/C28H31N3O5/c1-3-17(2)30-26(34)20-9-10-24-21(14-20)28(11-12-36-24)15-22(28)27(35)31-23-13-18(16-29)7-8-19(23)5-4-6-25(32)33/h7-10,13-14,17,22H,3-6,11-12,15H2,1-2H3,(H,30,34)(H,31,35)(H,32,33)/t17-,22-,28-/m0/s1. The highest BCUT2D eigenvalue weighted by molar-refractivity contribution is 5.98. The van der Waals surface area contributed by atoms with Gasteiger partial charge in [-0.1, -0.05) is 13.0 Å². The molecule has 2 amide bonds. The maximum Gasteiger partial charge on any atom is 0.303 e. The summed E-state index contributed by atoms with van der Waals surface area (Å²) >= 11 is 0. The summed E-state index contributed by atoms with van der Waals surface area (Å²) in [5.41, 5.74) is 2.81. The summed E-state index contributed by atoms with van der Waals surface area (Å²) in [5, 5.41) is 24.3. The van der Waals surface area contributed by atoms with Crippen molar-refractivity contribution in [3.63, 3.8) is 0 Å². The fourth-order valence-corrected chi connectivity index (χ4v) is 4.93. The lowest BCUT2D eigenvalue weighted by atomic mass is 9.86. The number of hydrogen-bond donors (Lipinski definition) is 3. The molecule has 188 valence electrons. The first-order chi connectivity index (χ1) is 17.3. The zero-order chi connectivity index (χ0) is 25.9. The molecule has 2 aliphatic rings. The molecule has 1 aliphatic carbocycles. The van der Waals surface area contributed by atoms with Crippen LogP contribution in [0.1, 0.15) is 73.0 Å². The lowest BCUT2D eigenvalue weighted by Crippen LogP contribution is -2.32. The van der Waals surface area contributed by atoms with Gasteiger partial charge in [0, 0.05) is 40.6 Å². The third-order valence-electron chi connectivity index (χ3n) is 7.30. The molecule has 0 aromatic heterocycles. The Morgan fingerprint density at radius 2 is 2.06 bits per heavy atom. The van der Waals surface area contributed by atoms with Crippen molar-refractivity contribution >= 4 is 23.5 Å². The molecule has 3 atom stereocenters. The molecule has 1 fully saturated rings. The second kappa shape index (κ2) is 10.4. The van der Waals surface area contributed by atoms with Crippen LogP contribution >= 0.6 is 0 Å². The molecule has 2 aromatic rings. The predicted molar refractivity (Wildman–Crippen MR) is 134 cm³/mol. The number of fused-ring (bicyclic) bond motifs is 2. The zero-order valence-electron chi connectivity index (χ0n) is 20.6. The van der Waals surface area contributed by atoms with E-state index in [4.69, 9.17) is 9.84 Å². The van der Waals surface area contributed by atoms with Gasteiger partial charge in [-0.3, -0.25) is 14.4 Å². The Bertz CT molecular complexity index is 1230. The molecule has 8 nitrogen and oxygen atoms in total. The minimum atomic E-state index is -0.871. The molecule has 4 rings (SSSR count). The Balaban J connectivity index is 1.54. The van der Waals surface area contributed by atoms with E-state index in [2.05, 4.69) is 16.7 Å². The van der Waals surface area contributed by atoms with Crippen molar-refractivity contribution < 1.29 is 24.2 Å². The number of carbonyl (C=O) groups is 3. The van der Waals surface area contributed by atoms with Crippen LogP contribution < -0.4 is 15.4 Å². The van der Waals surface area contributed by atoms with E-state index in [1.54, 1.807) is 24.3 Å². The molecule has 0 radical (unpaired) electrons. The van der Waals surface area contributed by atoms with Crippen LogP contribution in [0.15, 0.2) is 36.4 Å². The molecular weight excluding hydrogens is 458 g/mol. The molecule has 0 unspecified atom stereocenters. The highest BCUT2D eigenvalue weighted by Gasteiger charge is 2.61. The number of carboxylic acid groups (broad SMARTS) is 1. The van der Waals surface area contributed by atoms with Crippen LogP contribution in [0.2, 0.25) is 0 Å². The average molecular weight is 490 g/mol. The molecule has 0 saturated heterocycles. The number of anilines is 1. The monoisotopic (exact) mass is 489 g/mol. The number of hydrogen-bond acceptors (Lipinski definition) is 5. The van der Waals surface area contributed by atoms with E-state index in [1.165, 1.54) is 0 Å². The van der Waals surface area contributed by atoms with E-state index in [0.717, 1.165) is 17.5 Å². The SMILES string of the molecule is CC[C@H](C)NC(=O)c1ccc2c(c1)[C@]1(CCO2)C[C@H]1C(=O)Nc1cc(C#N)ccc1CCCC(=O)O. The summed E-state index contributed by atoms with van der Waals surface area (Å²) in [5.74, 6) is -0.742. The third kappa shape index (κ3) is 5.20. The van der Waals surface area contributed by atoms with Gasteiger partial charge in [-0.25, -0.2) is 0 Å².